The summed E-state index contributed by atoms with van der Waals surface area (Å²) in [5.41, 5.74) is 1.00. The zero-order valence-electron chi connectivity index (χ0n) is 16.2. The largest absolute Gasteiger partial charge is 0.494 e. The summed E-state index contributed by atoms with van der Waals surface area (Å²) in [6.45, 7) is 4.01. The van der Waals surface area contributed by atoms with Crippen molar-refractivity contribution in [3.63, 3.8) is 0 Å². The van der Waals surface area contributed by atoms with E-state index in [0.29, 0.717) is 28.6 Å². The fourth-order valence-corrected chi connectivity index (χ4v) is 2.46. The number of carbonyl (C=O) groups is 3. The Bertz CT molecular complexity index is 837. The van der Waals surface area contributed by atoms with Crippen LogP contribution in [0.15, 0.2) is 48.5 Å². The molecule has 2 rings (SSSR count). The fourth-order valence-electron chi connectivity index (χ4n) is 2.34. The zero-order valence-corrected chi connectivity index (χ0v) is 17.0. The molecule has 0 fully saturated rings. The number of esters is 1. The second-order valence-electron chi connectivity index (χ2n) is 6.09. The Labute approximate surface area is 174 Å². The monoisotopic (exact) mass is 418 g/mol. The minimum atomic E-state index is -0.971. The summed E-state index contributed by atoms with van der Waals surface area (Å²) in [5.74, 6) is -0.662. The van der Waals surface area contributed by atoms with Gasteiger partial charge in [-0.15, -0.1) is 0 Å². The van der Waals surface area contributed by atoms with E-state index in [1.165, 1.54) is 6.92 Å². The molecule has 0 aliphatic carbocycles. The van der Waals surface area contributed by atoms with E-state index in [1.807, 2.05) is 6.92 Å². The molecule has 0 saturated carbocycles. The molecular weight excluding hydrogens is 396 g/mol. The van der Waals surface area contributed by atoms with Gasteiger partial charge in [0.05, 0.1) is 13.0 Å². The van der Waals surface area contributed by atoms with E-state index >= 15 is 0 Å². The van der Waals surface area contributed by atoms with Crippen LogP contribution in [0, 0.1) is 0 Å². The average Bonchev–Trinajstić information content (AvgIpc) is 2.70. The van der Waals surface area contributed by atoms with Crippen molar-refractivity contribution < 1.29 is 23.9 Å². The molecule has 0 spiro atoms. The van der Waals surface area contributed by atoms with Crippen LogP contribution >= 0.6 is 11.6 Å². The van der Waals surface area contributed by atoms with Crippen LogP contribution in [0.1, 0.15) is 30.6 Å². The lowest BCUT2D eigenvalue weighted by atomic mass is 10.2. The third-order valence-corrected chi connectivity index (χ3v) is 4.08. The van der Waals surface area contributed by atoms with E-state index < -0.39 is 18.0 Å². The van der Waals surface area contributed by atoms with Gasteiger partial charge in [-0.1, -0.05) is 11.6 Å². The van der Waals surface area contributed by atoms with Crippen LogP contribution in [0.2, 0.25) is 5.02 Å². The van der Waals surface area contributed by atoms with Crippen molar-refractivity contribution in [3.8, 4) is 5.75 Å². The molecule has 0 unspecified atom stereocenters. The highest BCUT2D eigenvalue weighted by Crippen LogP contribution is 2.16. The standard InChI is InChI=1S/C21H23ClN2O5/c1-3-28-18-10-8-17(9-11-18)24-20(26)14(2)29-19(25)12-13-23-21(27)15-4-6-16(22)7-5-15/h4-11,14H,3,12-13H2,1-2H3,(H,23,27)(H,24,26)/t14-/m1/s1. The Morgan fingerprint density at radius 1 is 1.03 bits per heavy atom. The SMILES string of the molecule is CCOc1ccc(NC(=O)[C@@H](C)OC(=O)CCNC(=O)c2ccc(Cl)cc2)cc1. The Balaban J connectivity index is 1.72. The third kappa shape index (κ3) is 7.46. The number of hydrogen-bond donors (Lipinski definition) is 2. The summed E-state index contributed by atoms with van der Waals surface area (Å²) < 4.78 is 10.4. The number of carbonyl (C=O) groups excluding carboxylic acids is 3. The van der Waals surface area contributed by atoms with Gasteiger partial charge < -0.3 is 20.1 Å². The van der Waals surface area contributed by atoms with Gasteiger partial charge in [0.15, 0.2) is 6.10 Å². The van der Waals surface area contributed by atoms with Gasteiger partial charge in [-0.2, -0.15) is 0 Å². The van der Waals surface area contributed by atoms with Gasteiger partial charge in [-0.3, -0.25) is 14.4 Å². The van der Waals surface area contributed by atoms with Crippen molar-refractivity contribution in [1.29, 1.82) is 0 Å². The highest BCUT2D eigenvalue weighted by Gasteiger charge is 2.18. The first-order valence-corrected chi connectivity index (χ1v) is 9.53. The summed E-state index contributed by atoms with van der Waals surface area (Å²) in [5, 5.41) is 5.81. The van der Waals surface area contributed by atoms with E-state index in [0.717, 1.165) is 0 Å². The van der Waals surface area contributed by atoms with Gasteiger partial charge in [0, 0.05) is 22.8 Å². The summed E-state index contributed by atoms with van der Waals surface area (Å²) in [4.78, 5) is 36.0. The first-order chi connectivity index (χ1) is 13.9. The molecule has 0 radical (unpaired) electrons. The first-order valence-electron chi connectivity index (χ1n) is 9.16. The molecule has 7 nitrogen and oxygen atoms in total. The van der Waals surface area contributed by atoms with Crippen LogP contribution in [0.4, 0.5) is 5.69 Å². The molecule has 2 aromatic carbocycles. The van der Waals surface area contributed by atoms with Gasteiger partial charge >= 0.3 is 5.97 Å². The van der Waals surface area contributed by atoms with Gasteiger partial charge in [0.1, 0.15) is 5.75 Å². The first kappa shape index (κ1) is 22.2. The number of amides is 2. The second kappa shape index (κ2) is 11.1. The summed E-state index contributed by atoms with van der Waals surface area (Å²) >= 11 is 5.78. The summed E-state index contributed by atoms with van der Waals surface area (Å²) in [6, 6.07) is 13.3. The topological polar surface area (TPSA) is 93.7 Å². The number of rotatable bonds is 9. The van der Waals surface area contributed by atoms with Crippen LogP contribution in [0.5, 0.6) is 5.75 Å². The number of ether oxygens (including phenoxy) is 2. The van der Waals surface area contributed by atoms with Crippen LogP contribution in [-0.2, 0) is 14.3 Å². The predicted octanol–water partition coefficient (Wildman–Crippen LogP) is 3.43. The second-order valence-corrected chi connectivity index (χ2v) is 6.53. The van der Waals surface area contributed by atoms with Gasteiger partial charge in [0.25, 0.3) is 11.8 Å². The van der Waals surface area contributed by atoms with Crippen molar-refractivity contribution in [2.24, 2.45) is 0 Å². The predicted molar refractivity (Wildman–Crippen MR) is 110 cm³/mol. The molecule has 2 aromatic rings. The van der Waals surface area contributed by atoms with Gasteiger partial charge in [-0.05, 0) is 62.4 Å². The minimum absolute atomic E-state index is 0.0556. The van der Waals surface area contributed by atoms with Crippen molar-refractivity contribution in [2.45, 2.75) is 26.4 Å². The van der Waals surface area contributed by atoms with E-state index in [2.05, 4.69) is 10.6 Å². The smallest absolute Gasteiger partial charge is 0.308 e. The molecule has 8 heteroatoms. The lowest BCUT2D eigenvalue weighted by molar-refractivity contribution is -0.153. The molecule has 0 aromatic heterocycles. The molecule has 0 aliphatic rings. The molecule has 29 heavy (non-hydrogen) atoms. The Morgan fingerprint density at radius 3 is 2.31 bits per heavy atom. The molecule has 154 valence electrons. The van der Waals surface area contributed by atoms with Crippen molar-refractivity contribution >= 4 is 35.1 Å². The Morgan fingerprint density at radius 2 is 1.69 bits per heavy atom. The van der Waals surface area contributed by atoms with Crippen molar-refractivity contribution in [2.75, 3.05) is 18.5 Å². The molecule has 0 bridgehead atoms. The van der Waals surface area contributed by atoms with Crippen LogP contribution in [0.3, 0.4) is 0 Å². The summed E-state index contributed by atoms with van der Waals surface area (Å²) in [6.07, 6.45) is -1.03. The molecular formula is C21H23ClN2O5. The molecule has 0 aliphatic heterocycles. The number of nitrogens with one attached hydrogen (secondary N) is 2. The normalized spacial score (nSPS) is 11.3. The van der Waals surface area contributed by atoms with Gasteiger partial charge in [0.2, 0.25) is 0 Å². The number of halogens is 1. The zero-order chi connectivity index (χ0) is 21.2. The lowest BCUT2D eigenvalue weighted by Gasteiger charge is -2.14. The van der Waals surface area contributed by atoms with Crippen molar-refractivity contribution in [1.82, 2.24) is 5.32 Å². The number of benzene rings is 2. The van der Waals surface area contributed by atoms with Crippen LogP contribution in [-0.4, -0.2) is 37.0 Å². The van der Waals surface area contributed by atoms with E-state index in [9.17, 15) is 14.4 Å². The molecule has 1 atom stereocenters. The fraction of sp³-hybridized carbons (Fsp3) is 0.286. The molecule has 0 heterocycles. The number of hydrogen-bond acceptors (Lipinski definition) is 5. The molecule has 2 N–H and O–H groups in total. The average molecular weight is 419 g/mol. The highest BCUT2D eigenvalue weighted by molar-refractivity contribution is 6.30. The summed E-state index contributed by atoms with van der Waals surface area (Å²) in [7, 11) is 0. The minimum Gasteiger partial charge on any atom is -0.494 e. The van der Waals surface area contributed by atoms with E-state index in [4.69, 9.17) is 21.1 Å². The number of anilines is 1. The molecule has 0 saturated heterocycles. The van der Waals surface area contributed by atoms with Gasteiger partial charge in [-0.25, -0.2) is 0 Å². The maximum atomic E-state index is 12.2. The third-order valence-electron chi connectivity index (χ3n) is 3.83. The van der Waals surface area contributed by atoms with Crippen LogP contribution in [0.25, 0.3) is 0 Å². The van der Waals surface area contributed by atoms with E-state index in [1.54, 1.807) is 48.5 Å². The Hall–Kier alpha value is -3.06. The van der Waals surface area contributed by atoms with Crippen LogP contribution < -0.4 is 15.4 Å². The molecule has 2 amide bonds. The van der Waals surface area contributed by atoms with Crippen molar-refractivity contribution in [3.05, 3.63) is 59.1 Å². The highest BCUT2D eigenvalue weighted by atomic mass is 35.5. The maximum Gasteiger partial charge on any atom is 0.308 e. The maximum absolute atomic E-state index is 12.2. The lowest BCUT2D eigenvalue weighted by Crippen LogP contribution is -2.32. The quantitative estimate of drug-likeness (QED) is 0.608. The Kier molecular flexibility index (Phi) is 8.48. The van der Waals surface area contributed by atoms with E-state index in [-0.39, 0.29) is 18.9 Å².